The summed E-state index contributed by atoms with van der Waals surface area (Å²) in [4.78, 5) is 18.1. The number of pyridine rings is 2. The number of nitrogens with one attached hydrogen (secondary N) is 1. The summed E-state index contributed by atoms with van der Waals surface area (Å²) in [6.45, 7) is 1.72. The lowest BCUT2D eigenvalue weighted by Crippen LogP contribution is -2.14. The molecule has 0 unspecified atom stereocenters. The Morgan fingerprint density at radius 2 is 1.96 bits per heavy atom. The molecule has 0 atom stereocenters. The summed E-state index contributed by atoms with van der Waals surface area (Å²) < 4.78 is 33.4. The minimum absolute atomic E-state index is 0.0257. The van der Waals surface area contributed by atoms with Crippen LogP contribution in [0.1, 0.15) is 5.69 Å². The lowest BCUT2D eigenvalue weighted by molar-refractivity contribution is -0.385. The van der Waals surface area contributed by atoms with E-state index < -0.39 is 14.9 Å². The van der Waals surface area contributed by atoms with Gasteiger partial charge in [-0.2, -0.15) is 0 Å². The van der Waals surface area contributed by atoms with Gasteiger partial charge in [-0.25, -0.2) is 13.4 Å². The normalized spacial score (nSPS) is 11.1. The zero-order valence-electron chi connectivity index (χ0n) is 14.4. The first-order chi connectivity index (χ1) is 13.3. The molecule has 28 heavy (non-hydrogen) atoms. The number of rotatable bonds is 6. The molecule has 0 aliphatic heterocycles. The predicted molar refractivity (Wildman–Crippen MR) is 102 cm³/mol. The molecular formula is C17H13ClN4O5S. The van der Waals surface area contributed by atoms with Gasteiger partial charge in [0.2, 0.25) is 5.88 Å². The highest BCUT2D eigenvalue weighted by Crippen LogP contribution is 2.32. The number of halogens is 1. The van der Waals surface area contributed by atoms with Crippen LogP contribution in [-0.2, 0) is 10.0 Å². The monoisotopic (exact) mass is 420 g/mol. The van der Waals surface area contributed by atoms with E-state index in [2.05, 4.69) is 14.7 Å². The maximum absolute atomic E-state index is 12.7. The van der Waals surface area contributed by atoms with Crippen molar-refractivity contribution >= 4 is 33.0 Å². The fourth-order valence-electron chi connectivity index (χ4n) is 2.23. The topological polar surface area (TPSA) is 124 Å². The number of ether oxygens (including phenoxy) is 1. The Bertz CT molecular complexity index is 1150. The van der Waals surface area contributed by atoms with Gasteiger partial charge in [0.15, 0.2) is 5.75 Å². The van der Waals surface area contributed by atoms with Crippen LogP contribution in [0.3, 0.4) is 0 Å². The van der Waals surface area contributed by atoms with Crippen molar-refractivity contribution in [2.75, 3.05) is 4.72 Å². The quantitative estimate of drug-likeness (QED) is 0.473. The average Bonchev–Trinajstić information content (AvgIpc) is 2.65. The highest BCUT2D eigenvalue weighted by molar-refractivity contribution is 7.92. The first-order valence-corrected chi connectivity index (χ1v) is 9.65. The number of non-ortho nitro benzene ring substituents is 1. The maximum Gasteiger partial charge on any atom is 0.270 e. The molecule has 0 radical (unpaired) electrons. The molecule has 9 nitrogen and oxygen atoms in total. The van der Waals surface area contributed by atoms with E-state index in [1.54, 1.807) is 25.3 Å². The molecule has 0 saturated carbocycles. The van der Waals surface area contributed by atoms with Gasteiger partial charge in [0.1, 0.15) is 5.69 Å². The van der Waals surface area contributed by atoms with Crippen molar-refractivity contribution in [1.29, 1.82) is 0 Å². The fourth-order valence-corrected chi connectivity index (χ4v) is 3.48. The van der Waals surface area contributed by atoms with E-state index in [0.29, 0.717) is 11.4 Å². The van der Waals surface area contributed by atoms with Crippen LogP contribution in [0, 0.1) is 17.0 Å². The second kappa shape index (κ2) is 7.79. The SMILES string of the molecule is Cc1ncccc1Oc1ncc(Cl)cc1NS(=O)(=O)c1cccc([N+](=O)[O-])c1. The summed E-state index contributed by atoms with van der Waals surface area (Å²) >= 11 is 5.94. The van der Waals surface area contributed by atoms with Crippen molar-refractivity contribution in [3.63, 3.8) is 0 Å². The van der Waals surface area contributed by atoms with E-state index in [-0.39, 0.29) is 27.2 Å². The van der Waals surface area contributed by atoms with Crippen LogP contribution in [0.4, 0.5) is 11.4 Å². The number of anilines is 1. The van der Waals surface area contributed by atoms with Gasteiger partial charge in [0, 0.05) is 24.5 Å². The third-order valence-electron chi connectivity index (χ3n) is 3.57. The minimum Gasteiger partial charge on any atom is -0.435 e. The average molecular weight is 421 g/mol. The van der Waals surface area contributed by atoms with Gasteiger partial charge in [-0.1, -0.05) is 17.7 Å². The number of hydrogen-bond acceptors (Lipinski definition) is 7. The summed E-state index contributed by atoms with van der Waals surface area (Å²) in [7, 11) is -4.16. The van der Waals surface area contributed by atoms with Crippen molar-refractivity contribution < 1.29 is 18.1 Å². The Labute approximate surface area is 165 Å². The molecule has 144 valence electrons. The number of nitro groups is 1. The molecule has 0 saturated heterocycles. The second-order valence-corrected chi connectivity index (χ2v) is 7.67. The molecule has 1 N–H and O–H groups in total. The highest BCUT2D eigenvalue weighted by atomic mass is 35.5. The van der Waals surface area contributed by atoms with Gasteiger partial charge in [0.05, 0.1) is 20.5 Å². The van der Waals surface area contributed by atoms with Gasteiger partial charge in [-0.05, 0) is 31.2 Å². The molecular weight excluding hydrogens is 408 g/mol. The third-order valence-corrected chi connectivity index (χ3v) is 5.14. The number of nitrogens with zero attached hydrogens (tertiary/aromatic N) is 3. The standard InChI is InChI=1S/C17H13ClN4O5S/c1-11-16(6-3-7-19-11)27-17-15(8-12(18)10-20-17)21-28(25,26)14-5-2-4-13(9-14)22(23)24/h2-10,21H,1H3. The maximum atomic E-state index is 12.7. The van der Waals surface area contributed by atoms with Gasteiger partial charge >= 0.3 is 0 Å². The number of sulfonamides is 1. The van der Waals surface area contributed by atoms with Gasteiger partial charge in [0.25, 0.3) is 15.7 Å². The Kier molecular flexibility index (Phi) is 5.43. The van der Waals surface area contributed by atoms with Crippen LogP contribution in [0.25, 0.3) is 0 Å². The minimum atomic E-state index is -4.16. The molecule has 0 spiro atoms. The molecule has 0 aliphatic carbocycles. The second-order valence-electron chi connectivity index (χ2n) is 5.56. The first-order valence-electron chi connectivity index (χ1n) is 7.78. The molecule has 0 amide bonds. The van der Waals surface area contributed by atoms with Crippen LogP contribution in [0.15, 0.2) is 59.8 Å². The van der Waals surface area contributed by atoms with Crippen LogP contribution < -0.4 is 9.46 Å². The first kappa shape index (κ1) is 19.5. The third kappa shape index (κ3) is 4.35. The Hall–Kier alpha value is -3.24. The summed E-state index contributed by atoms with van der Waals surface area (Å²) in [5, 5.41) is 11.1. The van der Waals surface area contributed by atoms with Gasteiger partial charge in [-0.15, -0.1) is 0 Å². The molecule has 2 heterocycles. The summed E-state index contributed by atoms with van der Waals surface area (Å²) in [6, 6.07) is 9.29. The number of nitro benzene ring substituents is 1. The summed E-state index contributed by atoms with van der Waals surface area (Å²) in [5.41, 5.74) is 0.198. The molecule has 1 aromatic carbocycles. The van der Waals surface area contributed by atoms with Crippen LogP contribution in [-0.4, -0.2) is 23.3 Å². The Balaban J connectivity index is 1.97. The molecule has 3 rings (SSSR count). The van der Waals surface area contributed by atoms with Crippen molar-refractivity contribution in [1.82, 2.24) is 9.97 Å². The smallest absolute Gasteiger partial charge is 0.270 e. The molecule has 0 aliphatic rings. The molecule has 0 bridgehead atoms. The van der Waals surface area contributed by atoms with E-state index in [1.165, 1.54) is 30.5 Å². The van der Waals surface area contributed by atoms with Crippen molar-refractivity contribution in [2.24, 2.45) is 0 Å². The predicted octanol–water partition coefficient (Wildman–Crippen LogP) is 3.94. The molecule has 11 heteroatoms. The lowest BCUT2D eigenvalue weighted by Gasteiger charge is -2.13. The van der Waals surface area contributed by atoms with E-state index >= 15 is 0 Å². The largest absolute Gasteiger partial charge is 0.435 e. The number of hydrogen-bond donors (Lipinski definition) is 1. The van der Waals surface area contributed by atoms with Crippen molar-refractivity contribution in [3.05, 3.63) is 75.7 Å². The summed E-state index contributed by atoms with van der Waals surface area (Å²) in [6.07, 6.45) is 2.89. The highest BCUT2D eigenvalue weighted by Gasteiger charge is 2.21. The number of aromatic nitrogens is 2. The Morgan fingerprint density at radius 3 is 2.68 bits per heavy atom. The van der Waals surface area contributed by atoms with Crippen LogP contribution in [0.5, 0.6) is 11.6 Å². The fraction of sp³-hybridized carbons (Fsp3) is 0.0588. The van der Waals surface area contributed by atoms with Crippen LogP contribution >= 0.6 is 11.6 Å². The van der Waals surface area contributed by atoms with E-state index in [0.717, 1.165) is 6.07 Å². The van der Waals surface area contributed by atoms with E-state index in [1.807, 2.05) is 0 Å². The molecule has 0 fully saturated rings. The van der Waals surface area contributed by atoms with E-state index in [4.69, 9.17) is 16.3 Å². The summed E-state index contributed by atoms with van der Waals surface area (Å²) in [5.74, 6) is 0.336. The lowest BCUT2D eigenvalue weighted by atomic mass is 10.3. The zero-order valence-corrected chi connectivity index (χ0v) is 15.9. The van der Waals surface area contributed by atoms with Crippen molar-refractivity contribution in [3.8, 4) is 11.6 Å². The molecule has 2 aromatic heterocycles. The Morgan fingerprint density at radius 1 is 1.18 bits per heavy atom. The van der Waals surface area contributed by atoms with Crippen molar-refractivity contribution in [2.45, 2.75) is 11.8 Å². The van der Waals surface area contributed by atoms with E-state index in [9.17, 15) is 18.5 Å². The van der Waals surface area contributed by atoms with Crippen LogP contribution in [0.2, 0.25) is 5.02 Å². The number of aryl methyl sites for hydroxylation is 1. The number of benzene rings is 1. The van der Waals surface area contributed by atoms with Gasteiger partial charge < -0.3 is 4.74 Å². The molecule has 3 aromatic rings. The van der Waals surface area contributed by atoms with Gasteiger partial charge in [-0.3, -0.25) is 19.8 Å². The zero-order chi connectivity index (χ0) is 20.3.